The van der Waals surface area contributed by atoms with E-state index in [-0.39, 0.29) is 5.92 Å². The van der Waals surface area contributed by atoms with Crippen LogP contribution in [0.25, 0.3) is 0 Å². The number of carbonyl (C=O) groups is 1. The normalized spacial score (nSPS) is 19.9. The van der Waals surface area contributed by atoms with Crippen LogP contribution in [0.15, 0.2) is 12.4 Å². The van der Waals surface area contributed by atoms with Crippen LogP contribution in [0.4, 0.5) is 0 Å². The van der Waals surface area contributed by atoms with Gasteiger partial charge in [-0.3, -0.25) is 4.79 Å². The highest BCUT2D eigenvalue weighted by Gasteiger charge is 2.47. The van der Waals surface area contributed by atoms with E-state index in [0.29, 0.717) is 6.54 Å². The minimum Gasteiger partial charge on any atom is -0.368 e. The van der Waals surface area contributed by atoms with Gasteiger partial charge in [0.15, 0.2) is 0 Å². The van der Waals surface area contributed by atoms with Gasteiger partial charge in [0.25, 0.3) is 0 Å². The minimum atomic E-state index is -0.911. The van der Waals surface area contributed by atoms with Crippen LogP contribution in [0.3, 0.4) is 0 Å². The van der Waals surface area contributed by atoms with Gasteiger partial charge < -0.3 is 16.0 Å². The Balaban J connectivity index is 2.21. The molecule has 0 radical (unpaired) electrons. The number of amides is 1. The molecule has 5 heteroatoms. The zero-order chi connectivity index (χ0) is 11.1. The molecule has 1 atom stereocenters. The van der Waals surface area contributed by atoms with Crippen molar-refractivity contribution in [3.8, 4) is 0 Å². The van der Waals surface area contributed by atoms with Gasteiger partial charge in [0, 0.05) is 12.4 Å². The van der Waals surface area contributed by atoms with Gasteiger partial charge in [-0.1, -0.05) is 0 Å². The lowest BCUT2D eigenvalue weighted by Crippen LogP contribution is -2.56. The van der Waals surface area contributed by atoms with Crippen molar-refractivity contribution in [2.75, 3.05) is 0 Å². The Labute approximate surface area is 88.5 Å². The van der Waals surface area contributed by atoms with Crippen molar-refractivity contribution in [3.05, 3.63) is 18.2 Å². The third kappa shape index (κ3) is 1.74. The molecule has 0 saturated heterocycles. The average Bonchev–Trinajstić information content (AvgIpc) is 2.94. The Bertz CT molecular complexity index is 383. The number of hydrogen-bond acceptors (Lipinski definition) is 3. The van der Waals surface area contributed by atoms with Gasteiger partial charge >= 0.3 is 0 Å². The van der Waals surface area contributed by atoms with Crippen LogP contribution >= 0.6 is 0 Å². The molecule has 1 aromatic heterocycles. The maximum Gasteiger partial charge on any atom is 0.239 e. The van der Waals surface area contributed by atoms with Crippen molar-refractivity contribution < 1.29 is 4.79 Å². The second kappa shape index (κ2) is 3.34. The lowest BCUT2D eigenvalue weighted by molar-refractivity contribution is -0.124. The van der Waals surface area contributed by atoms with Gasteiger partial charge in [0.2, 0.25) is 5.91 Å². The number of imidazole rings is 1. The highest BCUT2D eigenvalue weighted by molar-refractivity contribution is 5.85. The summed E-state index contributed by atoms with van der Waals surface area (Å²) in [6, 6.07) is 0. The first-order chi connectivity index (χ1) is 7.04. The number of carbonyl (C=O) groups excluding carboxylic acids is 1. The fourth-order valence-corrected chi connectivity index (χ4v) is 1.86. The summed E-state index contributed by atoms with van der Waals surface area (Å²) in [6.45, 7) is 2.31. The fourth-order valence-electron chi connectivity index (χ4n) is 1.86. The molecule has 1 saturated carbocycles. The molecule has 0 aromatic carbocycles. The number of nitrogens with zero attached hydrogens (tertiary/aromatic N) is 2. The van der Waals surface area contributed by atoms with Gasteiger partial charge in [0.1, 0.15) is 11.4 Å². The highest BCUT2D eigenvalue weighted by Crippen LogP contribution is 2.39. The standard InChI is InChI=1S/C10H16N4O/c1-7-13-4-5-14(7)6-10(12,9(11)15)8-2-3-8/h4-5,8H,2-3,6,12H2,1H3,(H2,11,15). The smallest absolute Gasteiger partial charge is 0.239 e. The Kier molecular flexibility index (Phi) is 2.26. The van der Waals surface area contributed by atoms with Crippen molar-refractivity contribution in [1.82, 2.24) is 9.55 Å². The molecule has 82 valence electrons. The summed E-state index contributed by atoms with van der Waals surface area (Å²) < 4.78 is 1.88. The van der Waals surface area contributed by atoms with Crippen molar-refractivity contribution in [2.45, 2.75) is 31.8 Å². The third-order valence-corrected chi connectivity index (χ3v) is 3.12. The van der Waals surface area contributed by atoms with Crippen LogP contribution in [0.5, 0.6) is 0 Å². The van der Waals surface area contributed by atoms with Crippen LogP contribution in [0.2, 0.25) is 0 Å². The Hall–Kier alpha value is -1.36. The summed E-state index contributed by atoms with van der Waals surface area (Å²) >= 11 is 0. The summed E-state index contributed by atoms with van der Waals surface area (Å²) in [6.07, 6.45) is 5.51. The van der Waals surface area contributed by atoms with Crippen LogP contribution in [-0.2, 0) is 11.3 Å². The van der Waals surface area contributed by atoms with E-state index in [1.807, 2.05) is 17.7 Å². The van der Waals surface area contributed by atoms with Crippen molar-refractivity contribution in [1.29, 1.82) is 0 Å². The second-order valence-electron chi connectivity index (χ2n) is 4.28. The van der Waals surface area contributed by atoms with E-state index in [0.717, 1.165) is 18.7 Å². The molecule has 1 aliphatic rings. The number of primary amides is 1. The summed E-state index contributed by atoms with van der Waals surface area (Å²) in [5.74, 6) is 0.668. The van der Waals surface area contributed by atoms with Crippen molar-refractivity contribution in [3.63, 3.8) is 0 Å². The number of nitrogens with two attached hydrogens (primary N) is 2. The molecule has 1 aliphatic carbocycles. The number of hydrogen-bond donors (Lipinski definition) is 2. The van der Waals surface area contributed by atoms with Crippen LogP contribution in [-0.4, -0.2) is 21.0 Å². The molecule has 0 aliphatic heterocycles. The first kappa shape index (κ1) is 10.2. The molecule has 4 N–H and O–H groups in total. The molecule has 1 amide bonds. The Morgan fingerprint density at radius 3 is 2.80 bits per heavy atom. The molecule has 1 fully saturated rings. The van der Waals surface area contributed by atoms with Crippen molar-refractivity contribution >= 4 is 5.91 Å². The first-order valence-corrected chi connectivity index (χ1v) is 5.10. The van der Waals surface area contributed by atoms with Crippen LogP contribution in [0, 0.1) is 12.8 Å². The second-order valence-corrected chi connectivity index (χ2v) is 4.28. The van der Waals surface area contributed by atoms with Crippen molar-refractivity contribution in [2.24, 2.45) is 17.4 Å². The molecule has 1 aromatic rings. The van der Waals surface area contributed by atoms with Gasteiger partial charge in [-0.05, 0) is 25.7 Å². The minimum absolute atomic E-state index is 0.233. The zero-order valence-electron chi connectivity index (χ0n) is 8.81. The molecule has 0 bridgehead atoms. The van der Waals surface area contributed by atoms with E-state index in [2.05, 4.69) is 4.98 Å². The predicted octanol–water partition coefficient (Wildman–Crippen LogP) is -0.216. The third-order valence-electron chi connectivity index (χ3n) is 3.12. The largest absolute Gasteiger partial charge is 0.368 e. The quantitative estimate of drug-likeness (QED) is 0.717. The Morgan fingerprint density at radius 2 is 2.40 bits per heavy atom. The lowest BCUT2D eigenvalue weighted by Gasteiger charge is -2.26. The maximum atomic E-state index is 11.4. The van der Waals surface area contributed by atoms with E-state index in [1.54, 1.807) is 6.20 Å². The fraction of sp³-hybridized carbons (Fsp3) is 0.600. The molecule has 0 spiro atoms. The van der Waals surface area contributed by atoms with E-state index >= 15 is 0 Å². The van der Waals surface area contributed by atoms with E-state index in [4.69, 9.17) is 11.5 Å². The SMILES string of the molecule is Cc1nccn1CC(N)(C(N)=O)C1CC1. The molecule has 1 heterocycles. The maximum absolute atomic E-state index is 11.4. The molecule has 1 unspecified atom stereocenters. The summed E-state index contributed by atoms with van der Waals surface area (Å²) in [7, 11) is 0. The van der Waals surface area contributed by atoms with E-state index in [9.17, 15) is 4.79 Å². The molecular weight excluding hydrogens is 192 g/mol. The Morgan fingerprint density at radius 1 is 1.73 bits per heavy atom. The highest BCUT2D eigenvalue weighted by atomic mass is 16.1. The zero-order valence-corrected chi connectivity index (χ0v) is 8.81. The van der Waals surface area contributed by atoms with Crippen LogP contribution < -0.4 is 11.5 Å². The molecule has 15 heavy (non-hydrogen) atoms. The van der Waals surface area contributed by atoms with Gasteiger partial charge in [-0.2, -0.15) is 0 Å². The number of rotatable bonds is 4. The summed E-state index contributed by atoms with van der Waals surface area (Å²) in [5.41, 5.74) is 10.6. The number of aromatic nitrogens is 2. The number of aryl methyl sites for hydroxylation is 1. The van der Waals surface area contributed by atoms with Gasteiger partial charge in [-0.15, -0.1) is 0 Å². The molecule has 2 rings (SSSR count). The van der Waals surface area contributed by atoms with Gasteiger partial charge in [-0.25, -0.2) is 4.98 Å². The predicted molar refractivity (Wildman–Crippen MR) is 55.8 cm³/mol. The lowest BCUT2D eigenvalue weighted by atomic mass is 9.93. The topological polar surface area (TPSA) is 86.9 Å². The average molecular weight is 208 g/mol. The van der Waals surface area contributed by atoms with E-state index < -0.39 is 11.4 Å². The van der Waals surface area contributed by atoms with E-state index in [1.165, 1.54) is 0 Å². The van der Waals surface area contributed by atoms with Gasteiger partial charge in [0.05, 0.1) is 6.54 Å². The van der Waals surface area contributed by atoms with Crippen LogP contribution in [0.1, 0.15) is 18.7 Å². The first-order valence-electron chi connectivity index (χ1n) is 5.10. The summed E-state index contributed by atoms with van der Waals surface area (Å²) in [5, 5.41) is 0. The summed E-state index contributed by atoms with van der Waals surface area (Å²) in [4.78, 5) is 15.5. The molecular formula is C10H16N4O. The molecule has 5 nitrogen and oxygen atoms in total. The monoisotopic (exact) mass is 208 g/mol.